The van der Waals surface area contributed by atoms with Crippen molar-refractivity contribution in [3.8, 4) is 5.75 Å². The summed E-state index contributed by atoms with van der Waals surface area (Å²) < 4.78 is 0. The van der Waals surface area contributed by atoms with E-state index in [1.54, 1.807) is 0 Å². The zero-order valence-electron chi connectivity index (χ0n) is 10.5. The number of carbonyl (C=O) groups excluding carboxylic acids is 1. The molecular formula is C13H18ClNO3. The molecule has 1 aromatic rings. The smallest absolute Gasteiger partial charge is 0.251 e. The summed E-state index contributed by atoms with van der Waals surface area (Å²) in [5.74, 6) is -0.249. The second-order valence-electron chi connectivity index (χ2n) is 4.33. The first kappa shape index (κ1) is 14.8. The second kappa shape index (κ2) is 6.61. The molecule has 0 spiro atoms. The summed E-state index contributed by atoms with van der Waals surface area (Å²) in [6.07, 6.45) is 0.286. The van der Waals surface area contributed by atoms with Gasteiger partial charge in [0.2, 0.25) is 0 Å². The van der Waals surface area contributed by atoms with E-state index in [2.05, 4.69) is 5.32 Å². The Kier molecular flexibility index (Phi) is 5.44. The predicted molar refractivity (Wildman–Crippen MR) is 70.9 cm³/mol. The van der Waals surface area contributed by atoms with Gasteiger partial charge in [-0.25, -0.2) is 0 Å². The minimum absolute atomic E-state index is 0.0622. The van der Waals surface area contributed by atoms with Crippen molar-refractivity contribution in [3.63, 3.8) is 0 Å². The quantitative estimate of drug-likeness (QED) is 0.769. The van der Waals surface area contributed by atoms with Crippen LogP contribution in [0.15, 0.2) is 18.2 Å². The summed E-state index contributed by atoms with van der Waals surface area (Å²) in [4.78, 5) is 11.8. The number of aliphatic hydroxyl groups excluding tert-OH is 1. The molecule has 0 heterocycles. The Hall–Kier alpha value is -1.26. The lowest BCUT2D eigenvalue weighted by Crippen LogP contribution is -2.35. The van der Waals surface area contributed by atoms with Crippen molar-refractivity contribution in [1.82, 2.24) is 5.32 Å². The zero-order valence-corrected chi connectivity index (χ0v) is 11.2. The van der Waals surface area contributed by atoms with E-state index in [-0.39, 0.29) is 29.1 Å². The van der Waals surface area contributed by atoms with Crippen LogP contribution in [0.5, 0.6) is 5.75 Å². The summed E-state index contributed by atoms with van der Waals surface area (Å²) in [5, 5.41) is 21.7. The van der Waals surface area contributed by atoms with Gasteiger partial charge < -0.3 is 15.5 Å². The van der Waals surface area contributed by atoms with Crippen LogP contribution in [0.4, 0.5) is 0 Å². The van der Waals surface area contributed by atoms with Crippen molar-refractivity contribution in [2.45, 2.75) is 26.4 Å². The Labute approximate surface area is 112 Å². The number of hydrogen-bond donors (Lipinski definition) is 3. The van der Waals surface area contributed by atoms with E-state index >= 15 is 0 Å². The molecule has 0 aromatic heterocycles. The molecular weight excluding hydrogens is 254 g/mol. The highest BCUT2D eigenvalue weighted by atomic mass is 35.5. The number of amides is 1. The van der Waals surface area contributed by atoms with Gasteiger partial charge in [0.1, 0.15) is 5.75 Å². The number of aromatic hydroxyl groups is 1. The normalized spacial score (nSPS) is 14.0. The number of halogens is 1. The van der Waals surface area contributed by atoms with Crippen LogP contribution in [0.2, 0.25) is 5.02 Å². The van der Waals surface area contributed by atoms with E-state index < -0.39 is 6.10 Å². The number of carbonyl (C=O) groups is 1. The maximum absolute atomic E-state index is 11.8. The van der Waals surface area contributed by atoms with E-state index in [0.29, 0.717) is 5.56 Å². The van der Waals surface area contributed by atoms with Gasteiger partial charge in [0.25, 0.3) is 5.91 Å². The molecule has 0 bridgehead atoms. The number of phenolic OH excluding ortho intramolecular Hbond substituents is 1. The molecule has 0 saturated heterocycles. The summed E-state index contributed by atoms with van der Waals surface area (Å²) in [7, 11) is 0. The van der Waals surface area contributed by atoms with Crippen molar-refractivity contribution in [2.24, 2.45) is 5.92 Å². The first-order valence-corrected chi connectivity index (χ1v) is 6.28. The van der Waals surface area contributed by atoms with Gasteiger partial charge in [-0.15, -0.1) is 0 Å². The minimum atomic E-state index is -0.563. The fourth-order valence-electron chi connectivity index (χ4n) is 1.42. The standard InChI is InChI=1S/C13H18ClNO3/c1-3-8(2)12(17)7-15-13(18)9-4-5-11(16)10(14)6-9/h4-6,8,12,16-17H,3,7H2,1-2H3,(H,15,18). The SMILES string of the molecule is CCC(C)C(O)CNC(=O)c1ccc(O)c(Cl)c1. The Morgan fingerprint density at radius 1 is 1.50 bits per heavy atom. The highest BCUT2D eigenvalue weighted by Gasteiger charge is 2.14. The third-order valence-corrected chi connectivity index (χ3v) is 3.29. The molecule has 0 aliphatic heterocycles. The van der Waals surface area contributed by atoms with E-state index in [1.807, 2.05) is 13.8 Å². The molecule has 1 aromatic carbocycles. The predicted octanol–water partition coefficient (Wildman–Crippen LogP) is 2.18. The molecule has 3 N–H and O–H groups in total. The van der Waals surface area contributed by atoms with Crippen LogP contribution in [0.1, 0.15) is 30.6 Å². The van der Waals surface area contributed by atoms with Crippen LogP contribution >= 0.6 is 11.6 Å². The van der Waals surface area contributed by atoms with E-state index in [4.69, 9.17) is 11.6 Å². The lowest BCUT2D eigenvalue weighted by molar-refractivity contribution is 0.0850. The molecule has 0 aliphatic rings. The topological polar surface area (TPSA) is 69.6 Å². The number of nitrogens with one attached hydrogen (secondary N) is 1. The van der Waals surface area contributed by atoms with Gasteiger partial charge in [0.05, 0.1) is 11.1 Å². The molecule has 1 rings (SSSR count). The fourth-order valence-corrected chi connectivity index (χ4v) is 1.60. The summed E-state index contributed by atoms with van der Waals surface area (Å²) >= 11 is 5.71. The number of phenols is 1. The van der Waals surface area contributed by atoms with Gasteiger partial charge in [-0.1, -0.05) is 31.9 Å². The minimum Gasteiger partial charge on any atom is -0.506 e. The van der Waals surface area contributed by atoms with Crippen molar-refractivity contribution < 1.29 is 15.0 Å². The van der Waals surface area contributed by atoms with E-state index in [9.17, 15) is 15.0 Å². The molecule has 100 valence electrons. The van der Waals surface area contributed by atoms with Crippen molar-refractivity contribution >= 4 is 17.5 Å². The molecule has 2 atom stereocenters. The lowest BCUT2D eigenvalue weighted by atomic mass is 10.0. The van der Waals surface area contributed by atoms with Crippen LogP contribution < -0.4 is 5.32 Å². The lowest BCUT2D eigenvalue weighted by Gasteiger charge is -2.17. The van der Waals surface area contributed by atoms with Gasteiger partial charge in [-0.3, -0.25) is 4.79 Å². The van der Waals surface area contributed by atoms with E-state index in [0.717, 1.165) is 6.42 Å². The molecule has 0 aliphatic carbocycles. The first-order chi connectivity index (χ1) is 8.45. The first-order valence-electron chi connectivity index (χ1n) is 5.90. The van der Waals surface area contributed by atoms with Crippen LogP contribution in [-0.4, -0.2) is 28.8 Å². The Morgan fingerprint density at radius 2 is 2.17 bits per heavy atom. The zero-order chi connectivity index (χ0) is 13.7. The van der Waals surface area contributed by atoms with E-state index in [1.165, 1.54) is 18.2 Å². The van der Waals surface area contributed by atoms with Crippen molar-refractivity contribution in [1.29, 1.82) is 0 Å². The second-order valence-corrected chi connectivity index (χ2v) is 4.74. The third-order valence-electron chi connectivity index (χ3n) is 2.98. The number of aliphatic hydroxyl groups is 1. The molecule has 0 fully saturated rings. The van der Waals surface area contributed by atoms with Gasteiger partial charge >= 0.3 is 0 Å². The van der Waals surface area contributed by atoms with Crippen molar-refractivity contribution in [3.05, 3.63) is 28.8 Å². The Morgan fingerprint density at radius 3 is 2.72 bits per heavy atom. The van der Waals surface area contributed by atoms with Crippen molar-refractivity contribution in [2.75, 3.05) is 6.54 Å². The molecule has 0 radical (unpaired) electrons. The van der Waals surface area contributed by atoms with Crippen LogP contribution in [-0.2, 0) is 0 Å². The van der Waals surface area contributed by atoms with Gasteiger partial charge in [-0.05, 0) is 24.1 Å². The number of benzene rings is 1. The summed E-state index contributed by atoms with van der Waals surface area (Å²) in [6.45, 7) is 4.11. The largest absolute Gasteiger partial charge is 0.506 e. The Bertz CT molecular complexity index is 423. The molecule has 4 nitrogen and oxygen atoms in total. The van der Waals surface area contributed by atoms with Gasteiger partial charge in [0.15, 0.2) is 0 Å². The molecule has 2 unspecified atom stereocenters. The van der Waals surface area contributed by atoms with Crippen LogP contribution in [0.3, 0.4) is 0 Å². The van der Waals surface area contributed by atoms with Crippen LogP contribution in [0.25, 0.3) is 0 Å². The fraction of sp³-hybridized carbons (Fsp3) is 0.462. The maximum Gasteiger partial charge on any atom is 0.251 e. The average molecular weight is 272 g/mol. The summed E-state index contributed by atoms with van der Waals surface area (Å²) in [5.41, 5.74) is 0.356. The number of hydrogen-bond acceptors (Lipinski definition) is 3. The third kappa shape index (κ3) is 3.89. The van der Waals surface area contributed by atoms with Gasteiger partial charge in [0, 0.05) is 12.1 Å². The highest BCUT2D eigenvalue weighted by molar-refractivity contribution is 6.32. The number of rotatable bonds is 5. The van der Waals surface area contributed by atoms with Gasteiger partial charge in [-0.2, -0.15) is 0 Å². The Balaban J connectivity index is 2.58. The molecule has 18 heavy (non-hydrogen) atoms. The average Bonchev–Trinajstić information content (AvgIpc) is 2.37. The molecule has 5 heteroatoms. The molecule has 0 saturated carbocycles. The highest BCUT2D eigenvalue weighted by Crippen LogP contribution is 2.23. The molecule has 1 amide bonds. The van der Waals surface area contributed by atoms with Crippen LogP contribution in [0, 0.1) is 5.92 Å². The summed E-state index contributed by atoms with van der Waals surface area (Å²) in [6, 6.07) is 4.23. The monoisotopic (exact) mass is 271 g/mol. The maximum atomic E-state index is 11.8.